The summed E-state index contributed by atoms with van der Waals surface area (Å²) in [6.07, 6.45) is 1.58. The van der Waals surface area contributed by atoms with Crippen LogP contribution in [-0.4, -0.2) is 26.4 Å². The number of carboxylic acids is 1. The van der Waals surface area contributed by atoms with Crippen LogP contribution in [0.4, 0.5) is 0 Å². The lowest BCUT2D eigenvalue weighted by molar-refractivity contribution is -0.133. The highest BCUT2D eigenvalue weighted by atomic mass is 79.9. The zero-order valence-corrected chi connectivity index (χ0v) is 13.9. The predicted octanol–water partition coefficient (Wildman–Crippen LogP) is 2.93. The van der Waals surface area contributed by atoms with Gasteiger partial charge in [0.25, 0.3) is 5.56 Å². The van der Waals surface area contributed by atoms with Crippen LogP contribution in [0.2, 0.25) is 0 Å². The van der Waals surface area contributed by atoms with E-state index in [0.29, 0.717) is 5.16 Å². The van der Waals surface area contributed by atoms with Crippen LogP contribution in [0.15, 0.2) is 49.4 Å². The van der Waals surface area contributed by atoms with Crippen molar-refractivity contribution in [1.82, 2.24) is 9.55 Å². The minimum Gasteiger partial charge on any atom is -0.481 e. The molecule has 0 amide bonds. The van der Waals surface area contributed by atoms with Crippen molar-refractivity contribution in [2.45, 2.75) is 5.16 Å². The first kappa shape index (κ1) is 15.3. The van der Waals surface area contributed by atoms with Gasteiger partial charge in [-0.15, -0.1) is 0 Å². The third kappa shape index (κ3) is 3.71. The molecule has 0 saturated heterocycles. The van der Waals surface area contributed by atoms with Crippen molar-refractivity contribution in [2.75, 3.05) is 5.75 Å². The minimum absolute atomic E-state index is 0.165. The van der Waals surface area contributed by atoms with Crippen molar-refractivity contribution in [3.8, 4) is 5.69 Å². The molecule has 0 bridgehead atoms. The normalized spacial score (nSPS) is 10.5. The number of aromatic nitrogens is 2. The Bertz CT molecular complexity index is 718. The van der Waals surface area contributed by atoms with Gasteiger partial charge in [-0.25, -0.2) is 0 Å². The number of nitrogens with zero attached hydrogens (tertiary/aromatic N) is 2. The Morgan fingerprint density at radius 3 is 2.80 bits per heavy atom. The average Bonchev–Trinajstić information content (AvgIpc) is 2.39. The van der Waals surface area contributed by atoms with E-state index in [2.05, 4.69) is 36.8 Å². The van der Waals surface area contributed by atoms with E-state index in [9.17, 15) is 9.59 Å². The number of benzene rings is 1. The summed E-state index contributed by atoms with van der Waals surface area (Å²) in [5, 5.41) is 9.08. The van der Waals surface area contributed by atoms with Crippen molar-refractivity contribution >= 4 is 49.6 Å². The van der Waals surface area contributed by atoms with Crippen LogP contribution >= 0.6 is 43.6 Å². The molecule has 5 nitrogen and oxygen atoms in total. The molecule has 2 aromatic rings. The molecule has 0 atom stereocenters. The van der Waals surface area contributed by atoms with E-state index in [4.69, 9.17) is 5.11 Å². The Kier molecular flexibility index (Phi) is 5.00. The number of halogens is 2. The highest BCUT2D eigenvalue weighted by Crippen LogP contribution is 2.27. The molecule has 0 aliphatic heterocycles. The highest BCUT2D eigenvalue weighted by molar-refractivity contribution is 9.11. The first-order valence-electron chi connectivity index (χ1n) is 5.37. The van der Waals surface area contributed by atoms with Crippen LogP contribution in [0.3, 0.4) is 0 Å². The molecule has 20 heavy (non-hydrogen) atoms. The molecule has 0 spiro atoms. The van der Waals surface area contributed by atoms with Gasteiger partial charge in [0, 0.05) is 21.2 Å². The van der Waals surface area contributed by atoms with Gasteiger partial charge in [0.15, 0.2) is 5.16 Å². The number of carboxylic acid groups (broad SMARTS) is 1. The lowest BCUT2D eigenvalue weighted by Crippen LogP contribution is -2.13. The number of aliphatic carboxylic acids is 1. The molecule has 0 saturated carbocycles. The van der Waals surface area contributed by atoms with Crippen molar-refractivity contribution in [1.29, 1.82) is 0 Å². The topological polar surface area (TPSA) is 72.2 Å². The quantitative estimate of drug-likeness (QED) is 0.609. The number of hydrogen-bond donors (Lipinski definition) is 1. The second-order valence-electron chi connectivity index (χ2n) is 3.70. The summed E-state index contributed by atoms with van der Waals surface area (Å²) in [4.78, 5) is 25.9. The molecule has 1 N–H and O–H groups in total. The van der Waals surface area contributed by atoms with Crippen molar-refractivity contribution in [2.24, 2.45) is 0 Å². The molecule has 0 unspecified atom stereocenters. The van der Waals surface area contributed by atoms with E-state index >= 15 is 0 Å². The number of rotatable bonds is 4. The average molecular weight is 420 g/mol. The zero-order valence-electron chi connectivity index (χ0n) is 9.92. The van der Waals surface area contributed by atoms with Crippen LogP contribution in [0, 0.1) is 0 Å². The Morgan fingerprint density at radius 1 is 1.35 bits per heavy atom. The fourth-order valence-corrected chi connectivity index (χ4v) is 2.96. The van der Waals surface area contributed by atoms with E-state index in [0.717, 1.165) is 26.4 Å². The van der Waals surface area contributed by atoms with Crippen molar-refractivity contribution in [3.05, 3.63) is 49.8 Å². The molecule has 0 radical (unpaired) electrons. The maximum absolute atomic E-state index is 11.4. The maximum Gasteiger partial charge on any atom is 0.313 e. The van der Waals surface area contributed by atoms with Crippen LogP contribution in [0.25, 0.3) is 5.69 Å². The predicted molar refractivity (Wildman–Crippen MR) is 83.6 cm³/mol. The van der Waals surface area contributed by atoms with E-state index < -0.39 is 11.5 Å². The van der Waals surface area contributed by atoms with Gasteiger partial charge in [-0.05, 0) is 34.1 Å². The first-order valence-corrected chi connectivity index (χ1v) is 7.94. The molecular formula is C12H8Br2N2O3S. The number of hydrogen-bond acceptors (Lipinski definition) is 4. The third-order valence-electron chi connectivity index (χ3n) is 2.27. The summed E-state index contributed by atoms with van der Waals surface area (Å²) in [6.45, 7) is 0. The molecular weight excluding hydrogens is 412 g/mol. The van der Waals surface area contributed by atoms with Gasteiger partial charge in [-0.2, -0.15) is 4.98 Å². The van der Waals surface area contributed by atoms with Gasteiger partial charge < -0.3 is 5.11 Å². The summed E-state index contributed by atoms with van der Waals surface area (Å²) in [6, 6.07) is 6.90. The summed E-state index contributed by atoms with van der Waals surface area (Å²) < 4.78 is 3.34. The molecule has 2 rings (SSSR count). The minimum atomic E-state index is -0.965. The van der Waals surface area contributed by atoms with Crippen LogP contribution < -0.4 is 5.56 Å². The second kappa shape index (κ2) is 6.55. The van der Waals surface area contributed by atoms with Crippen LogP contribution in [-0.2, 0) is 4.79 Å². The molecule has 8 heteroatoms. The first-order chi connectivity index (χ1) is 9.47. The number of carbonyl (C=O) groups is 1. The van der Waals surface area contributed by atoms with Crippen LogP contribution in [0.5, 0.6) is 0 Å². The summed E-state index contributed by atoms with van der Waals surface area (Å²) >= 11 is 7.80. The van der Waals surface area contributed by atoms with Crippen molar-refractivity contribution in [3.63, 3.8) is 0 Å². The molecule has 0 aliphatic rings. The Labute approximate surface area is 135 Å². The SMILES string of the molecule is O=C(O)CSc1nc(=O)ccn1-c1cc(Br)ccc1Br. The summed E-state index contributed by atoms with van der Waals surface area (Å²) in [5.74, 6) is -1.13. The lowest BCUT2D eigenvalue weighted by Gasteiger charge is -2.13. The van der Waals surface area contributed by atoms with Crippen molar-refractivity contribution < 1.29 is 9.90 Å². The molecule has 0 aliphatic carbocycles. The van der Waals surface area contributed by atoms with Gasteiger partial charge in [0.1, 0.15) is 0 Å². The monoisotopic (exact) mass is 418 g/mol. The van der Waals surface area contributed by atoms with Gasteiger partial charge >= 0.3 is 5.97 Å². The fourth-order valence-electron chi connectivity index (χ4n) is 1.47. The van der Waals surface area contributed by atoms with E-state index in [1.54, 1.807) is 10.8 Å². The molecule has 1 heterocycles. The summed E-state index contributed by atoms with van der Waals surface area (Å²) in [7, 11) is 0. The molecule has 104 valence electrons. The van der Waals surface area contributed by atoms with Crippen LogP contribution in [0.1, 0.15) is 0 Å². The van der Waals surface area contributed by atoms with Gasteiger partial charge in [0.2, 0.25) is 0 Å². The zero-order chi connectivity index (χ0) is 14.7. The third-order valence-corrected chi connectivity index (χ3v) is 4.37. The van der Waals surface area contributed by atoms with E-state index in [-0.39, 0.29) is 5.75 Å². The summed E-state index contributed by atoms with van der Waals surface area (Å²) in [5.41, 5.74) is 0.361. The fraction of sp³-hybridized carbons (Fsp3) is 0.0833. The van der Waals surface area contributed by atoms with Gasteiger partial charge in [-0.1, -0.05) is 27.7 Å². The Morgan fingerprint density at radius 2 is 2.10 bits per heavy atom. The second-order valence-corrected chi connectivity index (χ2v) is 6.41. The standard InChI is InChI=1S/C12H8Br2N2O3S/c13-7-1-2-8(14)9(5-7)16-4-3-10(17)15-12(16)20-6-11(18)19/h1-5H,6H2,(H,18,19). The van der Waals surface area contributed by atoms with E-state index in [1.165, 1.54) is 6.07 Å². The smallest absolute Gasteiger partial charge is 0.313 e. The van der Waals surface area contributed by atoms with Gasteiger partial charge in [-0.3, -0.25) is 14.2 Å². The lowest BCUT2D eigenvalue weighted by atomic mass is 10.3. The Balaban J connectivity index is 2.52. The molecule has 1 aromatic heterocycles. The maximum atomic E-state index is 11.4. The largest absolute Gasteiger partial charge is 0.481 e. The number of thioether (sulfide) groups is 1. The highest BCUT2D eigenvalue weighted by Gasteiger charge is 2.11. The van der Waals surface area contributed by atoms with Gasteiger partial charge in [0.05, 0.1) is 11.4 Å². The van der Waals surface area contributed by atoms with E-state index in [1.807, 2.05) is 18.2 Å². The Hall–Kier alpha value is -1.12. The molecule has 0 fully saturated rings. The molecule has 1 aromatic carbocycles.